The standard InChI is InChI=1S/C10H10BrClN4/c1-16-9(5-13)14-15-10(16)7-4-6(11)2-3-8(7)12/h2-4H,5,13H2,1H3. The van der Waals surface area contributed by atoms with E-state index >= 15 is 0 Å². The molecule has 2 rings (SSSR count). The second-order valence-electron chi connectivity index (χ2n) is 3.33. The van der Waals surface area contributed by atoms with E-state index in [1.807, 2.05) is 29.8 Å². The Morgan fingerprint density at radius 1 is 1.44 bits per heavy atom. The smallest absolute Gasteiger partial charge is 0.165 e. The Labute approximate surface area is 107 Å². The first-order valence-corrected chi connectivity index (χ1v) is 5.84. The number of aromatic nitrogens is 3. The number of benzene rings is 1. The van der Waals surface area contributed by atoms with E-state index in [1.54, 1.807) is 0 Å². The Morgan fingerprint density at radius 2 is 2.19 bits per heavy atom. The first kappa shape index (κ1) is 11.6. The van der Waals surface area contributed by atoms with Crippen LogP contribution in [0.4, 0.5) is 0 Å². The van der Waals surface area contributed by atoms with Crippen molar-refractivity contribution in [3.05, 3.63) is 33.5 Å². The average molecular weight is 302 g/mol. The Kier molecular flexibility index (Phi) is 3.28. The van der Waals surface area contributed by atoms with Gasteiger partial charge in [0.15, 0.2) is 5.82 Å². The second-order valence-corrected chi connectivity index (χ2v) is 4.65. The van der Waals surface area contributed by atoms with E-state index in [0.717, 1.165) is 15.9 Å². The molecule has 4 nitrogen and oxygen atoms in total. The van der Waals surface area contributed by atoms with Gasteiger partial charge in [0.25, 0.3) is 0 Å². The molecule has 1 heterocycles. The summed E-state index contributed by atoms with van der Waals surface area (Å²) in [5.41, 5.74) is 6.38. The third-order valence-corrected chi connectivity index (χ3v) is 3.14. The third kappa shape index (κ3) is 1.98. The minimum absolute atomic E-state index is 0.356. The van der Waals surface area contributed by atoms with Gasteiger partial charge in [-0.25, -0.2) is 0 Å². The Balaban J connectivity index is 2.58. The molecule has 0 aliphatic heterocycles. The van der Waals surface area contributed by atoms with Crippen LogP contribution < -0.4 is 5.73 Å². The predicted molar refractivity (Wildman–Crippen MR) is 67.0 cm³/mol. The summed E-state index contributed by atoms with van der Waals surface area (Å²) < 4.78 is 2.79. The van der Waals surface area contributed by atoms with Gasteiger partial charge in [0.2, 0.25) is 0 Å². The van der Waals surface area contributed by atoms with Crippen molar-refractivity contribution in [2.75, 3.05) is 0 Å². The van der Waals surface area contributed by atoms with Crippen molar-refractivity contribution in [3.8, 4) is 11.4 Å². The van der Waals surface area contributed by atoms with Crippen LogP contribution in [0.1, 0.15) is 5.82 Å². The maximum Gasteiger partial charge on any atom is 0.165 e. The van der Waals surface area contributed by atoms with E-state index in [2.05, 4.69) is 26.1 Å². The van der Waals surface area contributed by atoms with Crippen molar-refractivity contribution >= 4 is 27.5 Å². The van der Waals surface area contributed by atoms with Crippen LogP contribution in [0.2, 0.25) is 5.02 Å². The number of hydrogen-bond donors (Lipinski definition) is 1. The van der Waals surface area contributed by atoms with Crippen LogP contribution >= 0.6 is 27.5 Å². The SMILES string of the molecule is Cn1c(CN)nnc1-c1cc(Br)ccc1Cl. The molecule has 0 spiro atoms. The van der Waals surface area contributed by atoms with Gasteiger partial charge in [-0.2, -0.15) is 0 Å². The van der Waals surface area contributed by atoms with Crippen molar-refractivity contribution in [2.45, 2.75) is 6.54 Å². The summed E-state index contributed by atoms with van der Waals surface area (Å²) in [5, 5.41) is 8.72. The van der Waals surface area contributed by atoms with Gasteiger partial charge in [0.1, 0.15) is 5.82 Å². The molecule has 16 heavy (non-hydrogen) atoms. The molecule has 6 heteroatoms. The molecule has 0 amide bonds. The van der Waals surface area contributed by atoms with Crippen LogP contribution in [0.25, 0.3) is 11.4 Å². The zero-order chi connectivity index (χ0) is 11.7. The predicted octanol–water partition coefficient (Wildman–Crippen LogP) is 2.36. The fraction of sp³-hybridized carbons (Fsp3) is 0.200. The highest BCUT2D eigenvalue weighted by Gasteiger charge is 2.12. The lowest BCUT2D eigenvalue weighted by Crippen LogP contribution is -2.05. The largest absolute Gasteiger partial charge is 0.324 e. The zero-order valence-corrected chi connectivity index (χ0v) is 11.0. The van der Waals surface area contributed by atoms with Crippen LogP contribution in [-0.2, 0) is 13.6 Å². The van der Waals surface area contributed by atoms with Crippen LogP contribution in [0.15, 0.2) is 22.7 Å². The monoisotopic (exact) mass is 300 g/mol. The zero-order valence-electron chi connectivity index (χ0n) is 8.61. The molecule has 0 fully saturated rings. The quantitative estimate of drug-likeness (QED) is 0.926. The van der Waals surface area contributed by atoms with Crippen molar-refractivity contribution in [3.63, 3.8) is 0 Å². The molecule has 0 unspecified atom stereocenters. The lowest BCUT2D eigenvalue weighted by atomic mass is 10.2. The van der Waals surface area contributed by atoms with Gasteiger partial charge in [-0.05, 0) is 18.2 Å². The first-order chi connectivity index (χ1) is 7.63. The molecular formula is C10H10BrClN4. The van der Waals surface area contributed by atoms with Gasteiger partial charge < -0.3 is 10.3 Å². The maximum atomic E-state index is 6.12. The normalized spacial score (nSPS) is 10.8. The van der Waals surface area contributed by atoms with Crippen molar-refractivity contribution in [2.24, 2.45) is 12.8 Å². The molecule has 0 bridgehead atoms. The van der Waals surface area contributed by atoms with Gasteiger partial charge >= 0.3 is 0 Å². The van der Waals surface area contributed by atoms with Crippen LogP contribution in [0.3, 0.4) is 0 Å². The minimum atomic E-state index is 0.356. The van der Waals surface area contributed by atoms with Gasteiger partial charge in [0.05, 0.1) is 11.6 Å². The summed E-state index contributed by atoms with van der Waals surface area (Å²) in [6.45, 7) is 0.356. The number of hydrogen-bond acceptors (Lipinski definition) is 3. The summed E-state index contributed by atoms with van der Waals surface area (Å²) >= 11 is 9.52. The van der Waals surface area contributed by atoms with Crippen molar-refractivity contribution < 1.29 is 0 Å². The summed E-state index contributed by atoms with van der Waals surface area (Å²) in [5.74, 6) is 1.44. The molecule has 0 aliphatic carbocycles. The maximum absolute atomic E-state index is 6.12. The molecule has 0 radical (unpaired) electrons. The number of nitrogens with two attached hydrogens (primary N) is 1. The summed E-state index contributed by atoms with van der Waals surface area (Å²) in [6.07, 6.45) is 0. The summed E-state index contributed by atoms with van der Waals surface area (Å²) in [7, 11) is 1.87. The molecule has 0 aliphatic rings. The number of halogens is 2. The molecule has 0 atom stereocenters. The third-order valence-electron chi connectivity index (χ3n) is 2.32. The van der Waals surface area contributed by atoms with Crippen molar-refractivity contribution in [1.82, 2.24) is 14.8 Å². The molecular weight excluding hydrogens is 291 g/mol. The lowest BCUT2D eigenvalue weighted by Gasteiger charge is -2.05. The first-order valence-electron chi connectivity index (χ1n) is 4.67. The van der Waals surface area contributed by atoms with E-state index in [0.29, 0.717) is 17.4 Å². The molecule has 84 valence electrons. The van der Waals surface area contributed by atoms with E-state index < -0.39 is 0 Å². The number of nitrogens with zero attached hydrogens (tertiary/aromatic N) is 3. The van der Waals surface area contributed by atoms with Gasteiger partial charge in [-0.1, -0.05) is 27.5 Å². The highest BCUT2D eigenvalue weighted by molar-refractivity contribution is 9.10. The Bertz CT molecular complexity index is 524. The summed E-state index contributed by atoms with van der Waals surface area (Å²) in [4.78, 5) is 0. The molecule has 0 saturated heterocycles. The molecule has 1 aromatic heterocycles. The summed E-state index contributed by atoms with van der Waals surface area (Å²) in [6, 6.07) is 5.61. The Hall–Kier alpha value is -0.910. The molecule has 2 aromatic rings. The Morgan fingerprint density at radius 3 is 2.81 bits per heavy atom. The van der Waals surface area contributed by atoms with E-state index in [4.69, 9.17) is 17.3 Å². The molecule has 1 aromatic carbocycles. The van der Waals surface area contributed by atoms with Gasteiger partial charge in [0, 0.05) is 17.1 Å². The van der Waals surface area contributed by atoms with Crippen LogP contribution in [0, 0.1) is 0 Å². The van der Waals surface area contributed by atoms with E-state index in [1.165, 1.54) is 0 Å². The van der Waals surface area contributed by atoms with Gasteiger partial charge in [-0.15, -0.1) is 10.2 Å². The number of rotatable bonds is 2. The van der Waals surface area contributed by atoms with Gasteiger partial charge in [-0.3, -0.25) is 0 Å². The average Bonchev–Trinajstić information content (AvgIpc) is 2.63. The fourth-order valence-corrected chi connectivity index (χ4v) is 2.01. The van der Waals surface area contributed by atoms with E-state index in [9.17, 15) is 0 Å². The van der Waals surface area contributed by atoms with E-state index in [-0.39, 0.29) is 0 Å². The highest BCUT2D eigenvalue weighted by atomic mass is 79.9. The fourth-order valence-electron chi connectivity index (χ4n) is 1.44. The topological polar surface area (TPSA) is 56.7 Å². The molecule has 2 N–H and O–H groups in total. The highest BCUT2D eigenvalue weighted by Crippen LogP contribution is 2.29. The van der Waals surface area contributed by atoms with Crippen molar-refractivity contribution in [1.29, 1.82) is 0 Å². The lowest BCUT2D eigenvalue weighted by molar-refractivity contribution is 0.797. The molecule has 0 saturated carbocycles. The second kappa shape index (κ2) is 4.53. The van der Waals surface area contributed by atoms with Crippen LogP contribution in [-0.4, -0.2) is 14.8 Å². The minimum Gasteiger partial charge on any atom is -0.324 e. The van der Waals surface area contributed by atoms with Crippen LogP contribution in [0.5, 0.6) is 0 Å².